The molecule has 0 unspecified atom stereocenters. The van der Waals surface area contributed by atoms with E-state index in [0.29, 0.717) is 18.4 Å². The third kappa shape index (κ3) is 3.65. The van der Waals surface area contributed by atoms with E-state index in [4.69, 9.17) is 4.52 Å². The minimum Gasteiger partial charge on any atom is -0.508 e. The van der Waals surface area contributed by atoms with Crippen molar-refractivity contribution in [3.63, 3.8) is 0 Å². The number of anilines is 2. The lowest BCUT2D eigenvalue weighted by Crippen LogP contribution is -2.25. The monoisotopic (exact) mass is 288 g/mol. The first-order chi connectivity index (χ1) is 10.3. The summed E-state index contributed by atoms with van der Waals surface area (Å²) in [5, 5.41) is 16.5. The zero-order valence-electron chi connectivity index (χ0n) is 12.0. The van der Waals surface area contributed by atoms with Gasteiger partial charge in [0.15, 0.2) is 0 Å². The Bertz CT molecular complexity index is 559. The summed E-state index contributed by atoms with van der Waals surface area (Å²) >= 11 is 0. The van der Waals surface area contributed by atoms with Gasteiger partial charge in [-0.15, -0.1) is 0 Å². The number of hydrogen-bond acceptors (Lipinski definition) is 6. The fourth-order valence-corrected chi connectivity index (χ4v) is 2.47. The number of phenolic OH excluding ortho intramolecular Hbond substituents is 1. The van der Waals surface area contributed by atoms with Crippen LogP contribution in [0, 0.1) is 0 Å². The van der Waals surface area contributed by atoms with Gasteiger partial charge >= 0.3 is 0 Å². The summed E-state index contributed by atoms with van der Waals surface area (Å²) in [6, 6.07) is 6.89. The summed E-state index contributed by atoms with van der Waals surface area (Å²) in [6.45, 7) is 2.49. The summed E-state index contributed by atoms with van der Waals surface area (Å²) in [5.74, 6) is 1.52. The van der Waals surface area contributed by atoms with Crippen molar-refractivity contribution in [2.45, 2.75) is 32.2 Å². The largest absolute Gasteiger partial charge is 0.508 e. The maximum Gasteiger partial charge on any atom is 0.266 e. The van der Waals surface area contributed by atoms with Crippen LogP contribution in [0.2, 0.25) is 0 Å². The summed E-state index contributed by atoms with van der Waals surface area (Å²) in [5.41, 5.74) is 0.905. The van der Waals surface area contributed by atoms with Gasteiger partial charge in [0.2, 0.25) is 5.89 Å². The van der Waals surface area contributed by atoms with E-state index in [1.54, 1.807) is 24.3 Å². The van der Waals surface area contributed by atoms with Crippen LogP contribution in [0.15, 0.2) is 28.8 Å². The number of nitrogens with zero attached hydrogens (tertiary/aromatic N) is 3. The van der Waals surface area contributed by atoms with Crippen molar-refractivity contribution in [3.8, 4) is 5.75 Å². The Labute approximate surface area is 123 Å². The van der Waals surface area contributed by atoms with Gasteiger partial charge in [-0.3, -0.25) is 0 Å². The fraction of sp³-hybridized carbons (Fsp3) is 0.467. The van der Waals surface area contributed by atoms with Crippen LogP contribution in [0.25, 0.3) is 0 Å². The van der Waals surface area contributed by atoms with Crippen molar-refractivity contribution in [3.05, 3.63) is 30.2 Å². The number of hydrogen-bond donors (Lipinski definition) is 2. The van der Waals surface area contributed by atoms with Gasteiger partial charge in [-0.2, -0.15) is 4.98 Å². The smallest absolute Gasteiger partial charge is 0.266 e. The zero-order chi connectivity index (χ0) is 14.5. The van der Waals surface area contributed by atoms with Gasteiger partial charge in [-0.25, -0.2) is 0 Å². The average molecular weight is 288 g/mol. The van der Waals surface area contributed by atoms with E-state index in [1.807, 2.05) is 0 Å². The van der Waals surface area contributed by atoms with Crippen molar-refractivity contribution in [2.24, 2.45) is 0 Å². The molecule has 0 spiro atoms. The fourth-order valence-electron chi connectivity index (χ4n) is 2.47. The molecule has 0 saturated carbocycles. The lowest BCUT2D eigenvalue weighted by Gasteiger charge is -2.16. The molecule has 2 N–H and O–H groups in total. The van der Waals surface area contributed by atoms with E-state index in [2.05, 4.69) is 20.4 Å². The Kier molecular flexibility index (Phi) is 4.23. The minimum atomic E-state index is 0.252. The molecule has 3 rings (SSSR count). The minimum absolute atomic E-state index is 0.252. The SMILES string of the molecule is Oc1ccc(NCc2nc(N3CCCCCC3)no2)cc1. The van der Waals surface area contributed by atoms with Crippen LogP contribution in [0.3, 0.4) is 0 Å². The van der Waals surface area contributed by atoms with Crippen LogP contribution in [0.4, 0.5) is 11.6 Å². The number of nitrogens with one attached hydrogen (secondary N) is 1. The predicted molar refractivity (Wildman–Crippen MR) is 80.4 cm³/mol. The van der Waals surface area contributed by atoms with Crippen molar-refractivity contribution in [1.29, 1.82) is 0 Å². The lowest BCUT2D eigenvalue weighted by atomic mass is 10.2. The van der Waals surface area contributed by atoms with E-state index in [1.165, 1.54) is 25.7 Å². The molecular formula is C15H20N4O2. The van der Waals surface area contributed by atoms with Gasteiger partial charge in [0.1, 0.15) is 5.75 Å². The van der Waals surface area contributed by atoms with Crippen LogP contribution in [0.1, 0.15) is 31.6 Å². The van der Waals surface area contributed by atoms with E-state index in [0.717, 1.165) is 18.8 Å². The molecule has 1 aromatic carbocycles. The molecule has 1 aliphatic rings. The van der Waals surface area contributed by atoms with Crippen LogP contribution >= 0.6 is 0 Å². The standard InChI is InChI=1S/C15H20N4O2/c20-13-7-5-12(6-8-13)16-11-14-17-15(18-21-14)19-9-3-1-2-4-10-19/h5-8,16,20H,1-4,9-11H2. The third-order valence-corrected chi connectivity index (χ3v) is 3.66. The van der Waals surface area contributed by atoms with Gasteiger partial charge in [-0.1, -0.05) is 12.8 Å². The topological polar surface area (TPSA) is 74.4 Å². The predicted octanol–water partition coefficient (Wildman–Crippen LogP) is 2.77. The van der Waals surface area contributed by atoms with Gasteiger partial charge in [0.05, 0.1) is 6.54 Å². The van der Waals surface area contributed by atoms with Crippen LogP contribution < -0.4 is 10.2 Å². The quantitative estimate of drug-likeness (QED) is 0.843. The Hall–Kier alpha value is -2.24. The van der Waals surface area contributed by atoms with Crippen molar-refractivity contribution in [1.82, 2.24) is 10.1 Å². The van der Waals surface area contributed by atoms with E-state index < -0.39 is 0 Å². The van der Waals surface area contributed by atoms with Gasteiger partial charge in [0, 0.05) is 18.8 Å². The van der Waals surface area contributed by atoms with Gasteiger partial charge in [0.25, 0.3) is 5.95 Å². The highest BCUT2D eigenvalue weighted by Gasteiger charge is 2.15. The maximum absolute atomic E-state index is 9.24. The number of aromatic nitrogens is 2. The van der Waals surface area contributed by atoms with E-state index in [-0.39, 0.29) is 5.75 Å². The highest BCUT2D eigenvalue weighted by atomic mass is 16.5. The Morgan fingerprint density at radius 3 is 2.52 bits per heavy atom. The molecule has 112 valence electrons. The van der Waals surface area contributed by atoms with Crippen molar-refractivity contribution in [2.75, 3.05) is 23.3 Å². The average Bonchev–Trinajstić information content (AvgIpc) is 2.80. The Morgan fingerprint density at radius 1 is 1.10 bits per heavy atom. The molecule has 21 heavy (non-hydrogen) atoms. The number of rotatable bonds is 4. The first-order valence-corrected chi connectivity index (χ1v) is 7.42. The Balaban J connectivity index is 1.58. The molecule has 1 aromatic heterocycles. The number of phenols is 1. The summed E-state index contributed by atoms with van der Waals surface area (Å²) in [6.07, 6.45) is 4.94. The summed E-state index contributed by atoms with van der Waals surface area (Å²) in [7, 11) is 0. The second kappa shape index (κ2) is 6.47. The molecule has 2 heterocycles. The molecule has 0 radical (unpaired) electrons. The molecule has 6 nitrogen and oxygen atoms in total. The third-order valence-electron chi connectivity index (χ3n) is 3.66. The van der Waals surface area contributed by atoms with Crippen LogP contribution in [0.5, 0.6) is 5.75 Å². The molecule has 0 atom stereocenters. The number of aromatic hydroxyl groups is 1. The first-order valence-electron chi connectivity index (χ1n) is 7.42. The highest BCUT2D eigenvalue weighted by Crippen LogP contribution is 2.17. The molecule has 0 amide bonds. The zero-order valence-corrected chi connectivity index (χ0v) is 12.0. The second-order valence-corrected chi connectivity index (χ2v) is 5.29. The molecule has 0 bridgehead atoms. The molecule has 1 fully saturated rings. The second-order valence-electron chi connectivity index (χ2n) is 5.29. The molecule has 2 aromatic rings. The van der Waals surface area contributed by atoms with Gasteiger partial charge in [-0.05, 0) is 42.3 Å². The van der Waals surface area contributed by atoms with Crippen LogP contribution in [-0.2, 0) is 6.54 Å². The molecule has 1 aliphatic heterocycles. The highest BCUT2D eigenvalue weighted by molar-refractivity contribution is 5.45. The maximum atomic E-state index is 9.24. The molecule has 6 heteroatoms. The first kappa shape index (κ1) is 13.7. The number of benzene rings is 1. The Morgan fingerprint density at radius 2 is 1.81 bits per heavy atom. The lowest BCUT2D eigenvalue weighted by molar-refractivity contribution is 0.382. The van der Waals surface area contributed by atoms with Gasteiger partial charge < -0.3 is 19.8 Å². The van der Waals surface area contributed by atoms with Crippen molar-refractivity contribution >= 4 is 11.6 Å². The van der Waals surface area contributed by atoms with Crippen molar-refractivity contribution < 1.29 is 9.63 Å². The summed E-state index contributed by atoms with van der Waals surface area (Å²) < 4.78 is 5.29. The normalized spacial score (nSPS) is 15.7. The molecule has 1 saturated heterocycles. The molecule has 0 aliphatic carbocycles. The van der Waals surface area contributed by atoms with E-state index >= 15 is 0 Å². The van der Waals surface area contributed by atoms with E-state index in [9.17, 15) is 5.11 Å². The summed E-state index contributed by atoms with van der Waals surface area (Å²) in [4.78, 5) is 6.64. The molecular weight excluding hydrogens is 268 g/mol. The van der Waals surface area contributed by atoms with Crippen LogP contribution in [-0.4, -0.2) is 28.3 Å².